The van der Waals surface area contributed by atoms with Crippen LogP contribution in [0.3, 0.4) is 0 Å². The Morgan fingerprint density at radius 1 is 0.967 bits per heavy atom. The van der Waals surface area contributed by atoms with Crippen LogP contribution in [0.15, 0.2) is 83.9 Å². The maximum atomic E-state index is 12.6. The predicted octanol–water partition coefficient (Wildman–Crippen LogP) is 4.43. The lowest BCUT2D eigenvalue weighted by molar-refractivity contribution is -0.115. The number of aromatic nitrogens is 1. The molecule has 3 aromatic carbocycles. The monoisotopic (exact) mass is 420 g/mol. The van der Waals surface area contributed by atoms with Crippen molar-refractivity contribution in [1.82, 2.24) is 4.98 Å². The molecule has 1 aromatic heterocycles. The van der Waals surface area contributed by atoms with E-state index in [1.54, 1.807) is 30.3 Å². The molecule has 6 nitrogen and oxygen atoms in total. The van der Waals surface area contributed by atoms with E-state index in [0.29, 0.717) is 5.69 Å². The van der Waals surface area contributed by atoms with Gasteiger partial charge in [0.1, 0.15) is 4.90 Å². The van der Waals surface area contributed by atoms with Gasteiger partial charge in [-0.3, -0.25) is 4.79 Å². The standard InChI is InChI=1S/C23H20N2O4S/c1-16-9-11-18(12-10-16)30(27,28)29-22-8-3-2-6-21(22)25-23(26)15-17-5-4-7-20-19(17)13-14-24-20/h2-14,24H,15H2,1H3,(H,25,26). The molecule has 0 aliphatic rings. The number of fused-ring (bicyclic) bond motifs is 1. The third-order valence-corrected chi connectivity index (χ3v) is 5.96. The van der Waals surface area contributed by atoms with Gasteiger partial charge in [-0.2, -0.15) is 8.42 Å². The van der Waals surface area contributed by atoms with Crippen LogP contribution in [0.25, 0.3) is 10.9 Å². The molecule has 0 unspecified atom stereocenters. The normalized spacial score (nSPS) is 11.4. The van der Waals surface area contributed by atoms with E-state index in [1.807, 2.05) is 37.4 Å². The topological polar surface area (TPSA) is 88.3 Å². The average Bonchev–Trinajstić information content (AvgIpc) is 3.19. The van der Waals surface area contributed by atoms with Crippen LogP contribution in [-0.4, -0.2) is 19.3 Å². The first-order valence-corrected chi connectivity index (χ1v) is 10.8. The largest absolute Gasteiger partial charge is 0.377 e. The minimum atomic E-state index is -4.02. The summed E-state index contributed by atoms with van der Waals surface area (Å²) in [7, 11) is -4.02. The van der Waals surface area contributed by atoms with E-state index in [0.717, 1.165) is 22.0 Å². The van der Waals surface area contributed by atoms with E-state index >= 15 is 0 Å². The Labute approximate surface area is 174 Å². The van der Waals surface area contributed by atoms with Crippen LogP contribution in [0.1, 0.15) is 11.1 Å². The van der Waals surface area contributed by atoms with Crippen molar-refractivity contribution < 1.29 is 17.4 Å². The Morgan fingerprint density at radius 2 is 1.73 bits per heavy atom. The zero-order valence-corrected chi connectivity index (χ0v) is 17.1. The van der Waals surface area contributed by atoms with Crippen molar-refractivity contribution in [2.75, 3.05) is 5.32 Å². The number of carbonyl (C=O) groups excluding carboxylic acids is 1. The number of anilines is 1. The lowest BCUT2D eigenvalue weighted by Crippen LogP contribution is -2.17. The number of nitrogens with one attached hydrogen (secondary N) is 2. The van der Waals surface area contributed by atoms with Crippen LogP contribution < -0.4 is 9.50 Å². The summed E-state index contributed by atoms with van der Waals surface area (Å²) in [6, 6.07) is 20.5. The summed E-state index contributed by atoms with van der Waals surface area (Å²) in [6.45, 7) is 1.87. The van der Waals surface area contributed by atoms with Gasteiger partial charge in [0.2, 0.25) is 5.91 Å². The molecule has 0 fully saturated rings. The first kappa shape index (κ1) is 19.7. The number of para-hydroxylation sites is 2. The van der Waals surface area contributed by atoms with Crippen LogP contribution in [0.5, 0.6) is 5.75 Å². The number of hydrogen-bond acceptors (Lipinski definition) is 4. The van der Waals surface area contributed by atoms with Gasteiger partial charge in [-0.05, 0) is 48.9 Å². The molecular formula is C23H20N2O4S. The number of aryl methyl sites for hydroxylation is 1. The highest BCUT2D eigenvalue weighted by Gasteiger charge is 2.19. The molecule has 0 aliphatic heterocycles. The Hall–Kier alpha value is -3.58. The minimum absolute atomic E-state index is 0.0494. The number of carbonyl (C=O) groups is 1. The summed E-state index contributed by atoms with van der Waals surface area (Å²) in [5, 5.41) is 3.73. The number of amides is 1. The van der Waals surface area contributed by atoms with Crippen molar-refractivity contribution in [2.45, 2.75) is 18.2 Å². The fraction of sp³-hybridized carbons (Fsp3) is 0.0870. The van der Waals surface area contributed by atoms with Crippen molar-refractivity contribution in [3.63, 3.8) is 0 Å². The van der Waals surface area contributed by atoms with E-state index in [2.05, 4.69) is 10.3 Å². The lowest BCUT2D eigenvalue weighted by atomic mass is 10.1. The van der Waals surface area contributed by atoms with Gasteiger partial charge < -0.3 is 14.5 Å². The molecule has 4 aromatic rings. The van der Waals surface area contributed by atoms with E-state index in [4.69, 9.17) is 4.18 Å². The number of aromatic amines is 1. The molecule has 152 valence electrons. The second-order valence-corrected chi connectivity index (χ2v) is 8.47. The zero-order valence-electron chi connectivity index (χ0n) is 16.3. The van der Waals surface area contributed by atoms with E-state index < -0.39 is 10.1 Å². The van der Waals surface area contributed by atoms with Crippen molar-refractivity contribution in [3.05, 3.63) is 90.1 Å². The van der Waals surface area contributed by atoms with E-state index in [1.165, 1.54) is 18.2 Å². The van der Waals surface area contributed by atoms with Gasteiger partial charge in [-0.15, -0.1) is 0 Å². The molecule has 0 atom stereocenters. The van der Waals surface area contributed by atoms with Gasteiger partial charge in [-0.1, -0.05) is 42.0 Å². The molecule has 0 radical (unpaired) electrons. The average molecular weight is 420 g/mol. The molecule has 1 amide bonds. The Morgan fingerprint density at radius 3 is 2.53 bits per heavy atom. The van der Waals surface area contributed by atoms with E-state index in [9.17, 15) is 13.2 Å². The molecular weight excluding hydrogens is 400 g/mol. The van der Waals surface area contributed by atoms with Gasteiger partial charge in [0.15, 0.2) is 5.75 Å². The van der Waals surface area contributed by atoms with Crippen LogP contribution >= 0.6 is 0 Å². The van der Waals surface area contributed by atoms with Crippen molar-refractivity contribution in [1.29, 1.82) is 0 Å². The number of rotatable bonds is 6. The van der Waals surface area contributed by atoms with Gasteiger partial charge >= 0.3 is 10.1 Å². The maximum Gasteiger partial charge on any atom is 0.339 e. The summed E-state index contributed by atoms with van der Waals surface area (Å²) >= 11 is 0. The van der Waals surface area contributed by atoms with Crippen molar-refractivity contribution in [3.8, 4) is 5.75 Å². The summed E-state index contributed by atoms with van der Waals surface area (Å²) in [4.78, 5) is 15.8. The molecule has 0 spiro atoms. The Bertz CT molecular complexity index is 1310. The van der Waals surface area contributed by atoms with Gasteiger partial charge in [-0.25, -0.2) is 0 Å². The number of hydrogen-bond donors (Lipinski definition) is 2. The molecule has 7 heteroatoms. The molecule has 0 bridgehead atoms. The maximum absolute atomic E-state index is 12.6. The summed E-state index contributed by atoms with van der Waals surface area (Å²) in [5.41, 5.74) is 3.06. The summed E-state index contributed by atoms with van der Waals surface area (Å²) in [5.74, 6) is -0.209. The van der Waals surface area contributed by atoms with Gasteiger partial charge in [0.05, 0.1) is 12.1 Å². The van der Waals surface area contributed by atoms with Crippen molar-refractivity contribution >= 4 is 32.6 Å². The van der Waals surface area contributed by atoms with Crippen LogP contribution in [0.2, 0.25) is 0 Å². The first-order valence-electron chi connectivity index (χ1n) is 9.37. The Kier molecular flexibility index (Phi) is 5.29. The van der Waals surface area contributed by atoms with E-state index in [-0.39, 0.29) is 23.0 Å². The van der Waals surface area contributed by atoms with Gasteiger partial charge in [0.25, 0.3) is 0 Å². The first-order chi connectivity index (χ1) is 14.4. The smallest absolute Gasteiger partial charge is 0.339 e. The molecule has 0 saturated heterocycles. The van der Waals surface area contributed by atoms with Gasteiger partial charge in [0, 0.05) is 17.1 Å². The molecule has 0 saturated carbocycles. The molecule has 4 rings (SSSR count). The third kappa shape index (κ3) is 4.21. The number of benzene rings is 3. The molecule has 2 N–H and O–H groups in total. The minimum Gasteiger partial charge on any atom is -0.377 e. The zero-order chi connectivity index (χ0) is 21.1. The fourth-order valence-corrected chi connectivity index (χ4v) is 4.13. The predicted molar refractivity (Wildman–Crippen MR) is 116 cm³/mol. The third-order valence-electron chi connectivity index (χ3n) is 4.71. The van der Waals surface area contributed by atoms with Crippen LogP contribution in [0, 0.1) is 6.92 Å². The highest BCUT2D eigenvalue weighted by molar-refractivity contribution is 7.87. The lowest BCUT2D eigenvalue weighted by Gasteiger charge is -2.13. The second kappa shape index (κ2) is 8.04. The molecule has 1 heterocycles. The SMILES string of the molecule is Cc1ccc(S(=O)(=O)Oc2ccccc2NC(=O)Cc2cccc3[nH]ccc23)cc1. The summed E-state index contributed by atoms with van der Waals surface area (Å²) in [6.07, 6.45) is 1.97. The highest BCUT2D eigenvalue weighted by Crippen LogP contribution is 2.28. The molecule has 0 aliphatic carbocycles. The van der Waals surface area contributed by atoms with Crippen LogP contribution in [0.4, 0.5) is 5.69 Å². The Balaban J connectivity index is 1.54. The second-order valence-electron chi connectivity index (χ2n) is 6.93. The number of H-pyrrole nitrogens is 1. The quantitative estimate of drug-likeness (QED) is 0.452. The molecule has 30 heavy (non-hydrogen) atoms. The van der Waals surface area contributed by atoms with Crippen LogP contribution in [-0.2, 0) is 21.3 Å². The summed E-state index contributed by atoms with van der Waals surface area (Å²) < 4.78 is 30.6. The highest BCUT2D eigenvalue weighted by atomic mass is 32.2. The van der Waals surface area contributed by atoms with Crippen molar-refractivity contribution in [2.24, 2.45) is 0 Å². The fourth-order valence-electron chi connectivity index (χ4n) is 3.19.